The minimum atomic E-state index is -0.299. The molecular weight excluding hydrogens is 306 g/mol. The van der Waals surface area contributed by atoms with Gasteiger partial charge in [0.25, 0.3) is 0 Å². The molecule has 1 aliphatic rings. The Morgan fingerprint density at radius 2 is 0.960 bits per heavy atom. The second kappa shape index (κ2) is 13.1. The van der Waals surface area contributed by atoms with Crippen molar-refractivity contribution >= 4 is 0 Å². The molecule has 0 amide bonds. The fourth-order valence-corrected chi connectivity index (χ4v) is 4.30. The molecule has 2 atom stereocenters. The third-order valence-electron chi connectivity index (χ3n) is 6.26. The summed E-state index contributed by atoms with van der Waals surface area (Å²) in [6.07, 6.45) is 23.8. The predicted molar refractivity (Wildman–Crippen MR) is 111 cm³/mol. The average molecular weight is 354 g/mol. The maximum absolute atomic E-state index is 6.57. The molecule has 0 aromatic carbocycles. The normalized spacial score (nSPS) is 25.4. The summed E-state index contributed by atoms with van der Waals surface area (Å²) in [5.74, 6) is 0. The van der Waals surface area contributed by atoms with E-state index < -0.39 is 0 Å². The monoisotopic (exact) mass is 353 g/mol. The highest BCUT2D eigenvalue weighted by atomic mass is 16.6. The van der Waals surface area contributed by atoms with Crippen LogP contribution in [0, 0.1) is 0 Å². The molecule has 1 rings (SSSR count). The van der Waals surface area contributed by atoms with E-state index in [9.17, 15) is 0 Å². The van der Waals surface area contributed by atoms with Crippen LogP contribution in [0.1, 0.15) is 136 Å². The van der Waals surface area contributed by atoms with E-state index in [4.69, 9.17) is 10.5 Å². The third kappa shape index (κ3) is 8.43. The van der Waals surface area contributed by atoms with E-state index in [1.807, 2.05) is 0 Å². The Morgan fingerprint density at radius 3 is 1.40 bits per heavy atom. The Morgan fingerprint density at radius 1 is 0.560 bits per heavy atom. The molecule has 2 unspecified atom stereocenters. The number of unbranched alkanes of at least 4 members (excludes halogenated alkanes) is 13. The van der Waals surface area contributed by atoms with Gasteiger partial charge in [0, 0.05) is 0 Å². The van der Waals surface area contributed by atoms with Crippen LogP contribution in [0.5, 0.6) is 0 Å². The maximum Gasteiger partial charge on any atom is 0.147 e. The van der Waals surface area contributed by atoms with Crippen molar-refractivity contribution in [2.75, 3.05) is 0 Å². The first-order valence-corrected chi connectivity index (χ1v) is 11.6. The molecule has 1 aliphatic heterocycles. The van der Waals surface area contributed by atoms with Gasteiger partial charge < -0.3 is 10.5 Å². The van der Waals surface area contributed by atoms with Crippen LogP contribution >= 0.6 is 0 Å². The summed E-state index contributed by atoms with van der Waals surface area (Å²) in [7, 11) is 0. The first-order chi connectivity index (χ1) is 12.1. The average Bonchev–Trinajstić information content (AvgIpc) is 3.21. The van der Waals surface area contributed by atoms with E-state index >= 15 is 0 Å². The fourth-order valence-electron chi connectivity index (χ4n) is 4.30. The molecule has 0 radical (unpaired) electrons. The molecule has 1 fully saturated rings. The van der Waals surface area contributed by atoms with E-state index in [2.05, 4.69) is 20.8 Å². The van der Waals surface area contributed by atoms with Crippen LogP contribution in [0.4, 0.5) is 0 Å². The van der Waals surface area contributed by atoms with Crippen molar-refractivity contribution in [1.82, 2.24) is 0 Å². The molecule has 2 N–H and O–H groups in total. The second-order valence-electron chi connectivity index (χ2n) is 8.44. The minimum Gasteiger partial charge on any atom is -0.347 e. The molecule has 1 heterocycles. The SMILES string of the molecule is CCCCCCCCCCC1(CC)OC1(N)CCCCCCCCC. The summed E-state index contributed by atoms with van der Waals surface area (Å²) < 4.78 is 6.12. The summed E-state index contributed by atoms with van der Waals surface area (Å²) in [6, 6.07) is 0. The summed E-state index contributed by atoms with van der Waals surface area (Å²) in [5.41, 5.74) is 6.28. The quantitative estimate of drug-likeness (QED) is 0.205. The number of nitrogens with two attached hydrogens (primary N) is 1. The molecule has 0 aliphatic carbocycles. The molecular formula is C23H47NO. The van der Waals surface area contributed by atoms with Crippen LogP contribution in [0.3, 0.4) is 0 Å². The van der Waals surface area contributed by atoms with Crippen molar-refractivity contribution in [3.8, 4) is 0 Å². The van der Waals surface area contributed by atoms with Gasteiger partial charge in [0.15, 0.2) is 0 Å². The highest BCUT2D eigenvalue weighted by Crippen LogP contribution is 2.52. The predicted octanol–water partition coefficient (Wildman–Crippen LogP) is 7.49. The molecule has 150 valence electrons. The van der Waals surface area contributed by atoms with Crippen LogP contribution < -0.4 is 5.73 Å². The van der Waals surface area contributed by atoms with Crippen LogP contribution in [0.25, 0.3) is 0 Å². The number of hydrogen-bond acceptors (Lipinski definition) is 2. The minimum absolute atomic E-state index is 0.0113. The standard InChI is InChI=1S/C23H47NO/c1-4-7-9-11-13-15-16-18-20-22(6-3)23(24,25-22)21-19-17-14-12-10-8-5-2/h4-21,24H2,1-3H3. The van der Waals surface area contributed by atoms with Gasteiger partial charge >= 0.3 is 0 Å². The lowest BCUT2D eigenvalue weighted by Crippen LogP contribution is -2.34. The van der Waals surface area contributed by atoms with Crippen LogP contribution in [-0.4, -0.2) is 11.3 Å². The van der Waals surface area contributed by atoms with Crippen molar-refractivity contribution < 1.29 is 4.74 Å². The Balaban J connectivity index is 2.06. The molecule has 1 saturated heterocycles. The number of ether oxygens (including phenoxy) is 1. The first kappa shape index (κ1) is 23.0. The lowest BCUT2D eigenvalue weighted by Gasteiger charge is -2.15. The molecule has 2 nitrogen and oxygen atoms in total. The van der Waals surface area contributed by atoms with Gasteiger partial charge in [0.05, 0.1) is 0 Å². The van der Waals surface area contributed by atoms with E-state index in [-0.39, 0.29) is 11.3 Å². The van der Waals surface area contributed by atoms with Crippen LogP contribution in [0.15, 0.2) is 0 Å². The molecule has 0 aromatic rings. The van der Waals surface area contributed by atoms with Crippen LogP contribution in [0.2, 0.25) is 0 Å². The Kier molecular flexibility index (Phi) is 12.1. The van der Waals surface area contributed by atoms with E-state index in [0.717, 1.165) is 12.8 Å². The second-order valence-corrected chi connectivity index (χ2v) is 8.44. The van der Waals surface area contributed by atoms with Crippen molar-refractivity contribution in [2.45, 2.75) is 148 Å². The van der Waals surface area contributed by atoms with Crippen LogP contribution in [-0.2, 0) is 4.74 Å². The summed E-state index contributed by atoms with van der Waals surface area (Å²) >= 11 is 0. The first-order valence-electron chi connectivity index (χ1n) is 11.6. The third-order valence-corrected chi connectivity index (χ3v) is 6.26. The van der Waals surface area contributed by atoms with Crippen molar-refractivity contribution in [3.05, 3.63) is 0 Å². The molecule has 0 bridgehead atoms. The van der Waals surface area contributed by atoms with Gasteiger partial charge in [-0.3, -0.25) is 0 Å². The zero-order chi connectivity index (χ0) is 18.4. The smallest absolute Gasteiger partial charge is 0.147 e. The highest BCUT2D eigenvalue weighted by Gasteiger charge is 2.65. The van der Waals surface area contributed by atoms with Crippen molar-refractivity contribution in [3.63, 3.8) is 0 Å². The Labute approximate surface area is 158 Å². The van der Waals surface area contributed by atoms with Crippen molar-refractivity contribution in [2.24, 2.45) is 5.73 Å². The topological polar surface area (TPSA) is 38.5 Å². The Bertz CT molecular complexity index is 319. The fraction of sp³-hybridized carbons (Fsp3) is 1.00. The summed E-state index contributed by atoms with van der Waals surface area (Å²) in [6.45, 7) is 6.81. The molecule has 0 saturated carbocycles. The number of epoxide rings is 1. The molecule has 0 aromatic heterocycles. The van der Waals surface area contributed by atoms with E-state index in [0.29, 0.717) is 0 Å². The number of rotatable bonds is 18. The van der Waals surface area contributed by atoms with Gasteiger partial charge in [-0.15, -0.1) is 0 Å². The van der Waals surface area contributed by atoms with Gasteiger partial charge in [-0.2, -0.15) is 0 Å². The molecule has 25 heavy (non-hydrogen) atoms. The van der Waals surface area contributed by atoms with Gasteiger partial charge in [0.1, 0.15) is 11.3 Å². The number of hydrogen-bond donors (Lipinski definition) is 1. The lowest BCUT2D eigenvalue weighted by atomic mass is 9.88. The zero-order valence-corrected chi connectivity index (χ0v) is 17.7. The molecule has 0 spiro atoms. The van der Waals surface area contributed by atoms with Gasteiger partial charge in [0.2, 0.25) is 0 Å². The zero-order valence-electron chi connectivity index (χ0n) is 17.7. The van der Waals surface area contributed by atoms with Gasteiger partial charge in [-0.1, -0.05) is 111 Å². The summed E-state index contributed by atoms with van der Waals surface area (Å²) in [5, 5.41) is 0. The highest BCUT2D eigenvalue weighted by molar-refractivity contribution is 5.11. The summed E-state index contributed by atoms with van der Waals surface area (Å²) in [4.78, 5) is 0. The maximum atomic E-state index is 6.57. The lowest BCUT2D eigenvalue weighted by molar-refractivity contribution is 0.240. The van der Waals surface area contributed by atoms with E-state index in [1.54, 1.807) is 0 Å². The van der Waals surface area contributed by atoms with Gasteiger partial charge in [-0.05, 0) is 25.7 Å². The Hall–Kier alpha value is -0.0800. The largest absolute Gasteiger partial charge is 0.347 e. The van der Waals surface area contributed by atoms with Gasteiger partial charge in [-0.25, -0.2) is 0 Å². The molecule has 2 heteroatoms. The van der Waals surface area contributed by atoms with E-state index in [1.165, 1.54) is 103 Å². The van der Waals surface area contributed by atoms with Crippen molar-refractivity contribution in [1.29, 1.82) is 0 Å².